The molecule has 1 unspecified atom stereocenters. The first-order valence-electron chi connectivity index (χ1n) is 9.55. The fourth-order valence-electron chi connectivity index (χ4n) is 3.88. The molecule has 0 bridgehead atoms. The number of urea groups is 1. The number of rotatable bonds is 4. The van der Waals surface area contributed by atoms with Gasteiger partial charge in [0, 0.05) is 47.2 Å². The molecule has 4 aromatic rings. The first kappa shape index (κ1) is 18.4. The van der Waals surface area contributed by atoms with Crippen LogP contribution in [0.3, 0.4) is 0 Å². The molecule has 7 nitrogen and oxygen atoms in total. The molecule has 0 spiro atoms. The van der Waals surface area contributed by atoms with Crippen LogP contribution < -0.4 is 10.6 Å². The number of nitrogens with zero attached hydrogens (tertiary/aromatic N) is 4. The summed E-state index contributed by atoms with van der Waals surface area (Å²) in [4.78, 5) is 16.7. The van der Waals surface area contributed by atoms with Gasteiger partial charge >= 0.3 is 6.03 Å². The van der Waals surface area contributed by atoms with Gasteiger partial charge in [-0.25, -0.2) is 9.78 Å². The predicted octanol–water partition coefficient (Wildman–Crippen LogP) is 4.33. The van der Waals surface area contributed by atoms with E-state index in [4.69, 9.17) is 11.6 Å². The number of carbonyl (C=O) groups is 1. The maximum absolute atomic E-state index is 12.5. The van der Waals surface area contributed by atoms with E-state index < -0.39 is 0 Å². The lowest BCUT2D eigenvalue weighted by Crippen LogP contribution is -2.33. The Labute approximate surface area is 178 Å². The molecule has 3 heterocycles. The number of imidazole rings is 1. The van der Waals surface area contributed by atoms with Crippen LogP contribution in [0.15, 0.2) is 67.4 Å². The number of nitrogens with one attached hydrogen (secondary N) is 2. The maximum Gasteiger partial charge on any atom is 0.319 e. The summed E-state index contributed by atoms with van der Waals surface area (Å²) in [5.74, 6) is 0. The summed E-state index contributed by atoms with van der Waals surface area (Å²) in [6.07, 6.45) is 7.35. The fourth-order valence-corrected chi connectivity index (χ4v) is 4.18. The zero-order valence-electron chi connectivity index (χ0n) is 16.2. The number of carbonyl (C=O) groups excluding carboxylic acids is 1. The lowest BCUT2D eigenvalue weighted by Gasteiger charge is -2.17. The topological polar surface area (TPSA) is 76.8 Å². The number of fused-ring (bicyclic) bond motifs is 3. The van der Waals surface area contributed by atoms with E-state index in [1.807, 2.05) is 72.7 Å². The molecule has 0 aliphatic carbocycles. The molecule has 1 atom stereocenters. The van der Waals surface area contributed by atoms with Gasteiger partial charge in [-0.3, -0.25) is 4.68 Å². The average Bonchev–Trinajstić information content (AvgIpc) is 3.44. The number of aromatic nitrogens is 4. The largest absolute Gasteiger partial charge is 0.335 e. The third kappa shape index (κ3) is 3.23. The molecule has 2 N–H and O–H groups in total. The van der Waals surface area contributed by atoms with Crippen molar-refractivity contribution in [2.45, 2.75) is 6.04 Å². The average molecular weight is 419 g/mol. The molecule has 2 aromatic carbocycles. The molecule has 0 saturated carbocycles. The monoisotopic (exact) mass is 418 g/mol. The standard InChI is InChI=1S/C22H19ClN6O/c1-28-12-15(9-26-28)14-5-7-16(8-6-14)27-22(30)25-11-20-21-17(3-2-4-18(21)23)19-10-24-13-29(19)20/h2-10,12-13,20H,11H2,1H3,(H2,25,27,30). The number of aryl methyl sites for hydroxylation is 1. The highest BCUT2D eigenvalue weighted by molar-refractivity contribution is 6.32. The number of benzene rings is 2. The van der Waals surface area contributed by atoms with Gasteiger partial charge in [-0.15, -0.1) is 0 Å². The number of amides is 2. The van der Waals surface area contributed by atoms with Gasteiger partial charge in [0.1, 0.15) is 0 Å². The van der Waals surface area contributed by atoms with Crippen LogP contribution in [0, 0.1) is 0 Å². The van der Waals surface area contributed by atoms with Crippen LogP contribution >= 0.6 is 11.6 Å². The smallest absolute Gasteiger partial charge is 0.319 e. The maximum atomic E-state index is 12.5. The molecule has 8 heteroatoms. The van der Waals surface area contributed by atoms with E-state index in [-0.39, 0.29) is 12.1 Å². The molecule has 2 amide bonds. The van der Waals surface area contributed by atoms with E-state index in [0.717, 1.165) is 27.9 Å². The third-order valence-corrected chi connectivity index (χ3v) is 5.63. The normalized spacial score (nSPS) is 14.3. The molecule has 1 aliphatic rings. The SMILES string of the molecule is Cn1cc(-c2ccc(NC(=O)NCC3c4c(Cl)cccc4-c4cncn43)cc2)cn1. The molecular weight excluding hydrogens is 400 g/mol. The van der Waals surface area contributed by atoms with Crippen LogP contribution in [-0.2, 0) is 7.05 Å². The number of hydrogen-bond donors (Lipinski definition) is 2. The highest BCUT2D eigenvalue weighted by atomic mass is 35.5. The molecule has 0 saturated heterocycles. The van der Waals surface area contributed by atoms with Gasteiger partial charge in [-0.05, 0) is 23.8 Å². The Morgan fingerprint density at radius 3 is 2.73 bits per heavy atom. The predicted molar refractivity (Wildman–Crippen MR) is 116 cm³/mol. The van der Waals surface area contributed by atoms with E-state index >= 15 is 0 Å². The van der Waals surface area contributed by atoms with Gasteiger partial charge in [-0.1, -0.05) is 35.9 Å². The quantitative estimate of drug-likeness (QED) is 0.518. The Morgan fingerprint density at radius 1 is 1.13 bits per heavy atom. The van der Waals surface area contributed by atoms with Crippen LogP contribution in [0.5, 0.6) is 0 Å². The lowest BCUT2D eigenvalue weighted by atomic mass is 10.0. The minimum Gasteiger partial charge on any atom is -0.335 e. The van der Waals surface area contributed by atoms with E-state index in [0.29, 0.717) is 17.3 Å². The molecule has 0 fully saturated rings. The van der Waals surface area contributed by atoms with E-state index in [2.05, 4.69) is 20.7 Å². The minimum absolute atomic E-state index is 0.0927. The van der Waals surface area contributed by atoms with E-state index in [9.17, 15) is 4.79 Å². The van der Waals surface area contributed by atoms with Crippen molar-refractivity contribution in [3.05, 3.63) is 78.0 Å². The van der Waals surface area contributed by atoms with E-state index in [1.54, 1.807) is 11.0 Å². The Hall–Kier alpha value is -3.58. The van der Waals surface area contributed by atoms with Crippen molar-refractivity contribution in [2.75, 3.05) is 11.9 Å². The van der Waals surface area contributed by atoms with Crippen molar-refractivity contribution in [3.63, 3.8) is 0 Å². The number of hydrogen-bond acceptors (Lipinski definition) is 3. The molecule has 150 valence electrons. The molecule has 0 radical (unpaired) electrons. The van der Waals surface area contributed by atoms with Crippen LogP contribution in [0.1, 0.15) is 11.6 Å². The molecule has 5 rings (SSSR count). The van der Waals surface area contributed by atoms with E-state index in [1.165, 1.54) is 0 Å². The summed E-state index contributed by atoms with van der Waals surface area (Å²) >= 11 is 6.46. The lowest BCUT2D eigenvalue weighted by molar-refractivity contribution is 0.251. The Balaban J connectivity index is 1.26. The van der Waals surface area contributed by atoms with Crippen LogP contribution in [0.2, 0.25) is 5.02 Å². The van der Waals surface area contributed by atoms with Gasteiger partial charge in [0.2, 0.25) is 0 Å². The first-order chi connectivity index (χ1) is 14.6. The molecule has 30 heavy (non-hydrogen) atoms. The Bertz CT molecular complexity index is 1230. The number of halogens is 1. The third-order valence-electron chi connectivity index (χ3n) is 5.30. The summed E-state index contributed by atoms with van der Waals surface area (Å²) in [6, 6.07) is 13.1. The second kappa shape index (κ2) is 7.35. The Kier molecular flexibility index (Phi) is 4.52. The van der Waals surface area contributed by atoms with Crippen molar-refractivity contribution in [3.8, 4) is 22.4 Å². The van der Waals surface area contributed by atoms with Crippen molar-refractivity contribution in [1.82, 2.24) is 24.6 Å². The second-order valence-electron chi connectivity index (χ2n) is 7.22. The van der Waals surface area contributed by atoms with Gasteiger partial charge in [-0.2, -0.15) is 5.10 Å². The van der Waals surface area contributed by atoms with Crippen LogP contribution in [0.4, 0.5) is 10.5 Å². The van der Waals surface area contributed by atoms with Crippen LogP contribution in [0.25, 0.3) is 22.4 Å². The number of anilines is 1. The minimum atomic E-state index is -0.272. The summed E-state index contributed by atoms with van der Waals surface area (Å²) in [5, 5.41) is 10.7. The van der Waals surface area contributed by atoms with Gasteiger partial charge < -0.3 is 15.2 Å². The fraction of sp³-hybridized carbons (Fsp3) is 0.136. The first-order valence-corrected chi connectivity index (χ1v) is 9.92. The molecule has 1 aliphatic heterocycles. The second-order valence-corrected chi connectivity index (χ2v) is 7.63. The van der Waals surface area contributed by atoms with Crippen molar-refractivity contribution in [2.24, 2.45) is 7.05 Å². The molecular formula is C22H19ClN6O. The van der Waals surface area contributed by atoms with Gasteiger partial charge in [0.15, 0.2) is 0 Å². The summed E-state index contributed by atoms with van der Waals surface area (Å²) in [5.41, 5.74) is 5.86. The Morgan fingerprint density at radius 2 is 1.97 bits per heavy atom. The van der Waals surface area contributed by atoms with Gasteiger partial charge in [0.05, 0.1) is 30.5 Å². The highest BCUT2D eigenvalue weighted by Crippen LogP contribution is 2.42. The zero-order valence-corrected chi connectivity index (χ0v) is 17.0. The van der Waals surface area contributed by atoms with Crippen molar-refractivity contribution < 1.29 is 4.79 Å². The summed E-state index contributed by atoms with van der Waals surface area (Å²) in [6.45, 7) is 0.402. The zero-order chi connectivity index (χ0) is 20.7. The molecule has 2 aromatic heterocycles. The van der Waals surface area contributed by atoms with Gasteiger partial charge in [0.25, 0.3) is 0 Å². The summed E-state index contributed by atoms with van der Waals surface area (Å²) in [7, 11) is 1.88. The van der Waals surface area contributed by atoms with Crippen LogP contribution in [-0.4, -0.2) is 31.9 Å². The van der Waals surface area contributed by atoms with Crippen molar-refractivity contribution >= 4 is 23.3 Å². The van der Waals surface area contributed by atoms with Crippen molar-refractivity contribution in [1.29, 1.82) is 0 Å². The summed E-state index contributed by atoms with van der Waals surface area (Å²) < 4.78 is 3.80. The highest BCUT2D eigenvalue weighted by Gasteiger charge is 2.30.